The minimum Gasteiger partial charge on any atom is -0.322 e. The molecule has 4 rings (SSSR count). The monoisotopic (exact) mass is 602 g/mol. The van der Waals surface area contributed by atoms with Crippen LogP contribution in [-0.2, 0) is 29.5 Å². The van der Waals surface area contributed by atoms with Crippen molar-refractivity contribution in [1.82, 2.24) is 4.72 Å². The summed E-state index contributed by atoms with van der Waals surface area (Å²) in [6.07, 6.45) is 0. The van der Waals surface area contributed by atoms with E-state index in [0.717, 1.165) is 38.9 Å². The van der Waals surface area contributed by atoms with Crippen molar-refractivity contribution < 1.29 is 27.9 Å². The van der Waals surface area contributed by atoms with Gasteiger partial charge in [-0.2, -0.15) is 0 Å². The van der Waals surface area contributed by atoms with Crippen molar-refractivity contribution in [3.05, 3.63) is 136 Å². The fourth-order valence-corrected chi connectivity index (χ4v) is 6.20. The molecule has 0 aliphatic rings. The predicted octanol–water partition coefficient (Wildman–Crippen LogP) is 6.63. The van der Waals surface area contributed by atoms with E-state index in [-0.39, 0.29) is 19.5 Å². The van der Waals surface area contributed by atoms with Gasteiger partial charge in [0.2, 0.25) is 10.0 Å². The molecule has 4 aromatic carbocycles. The average Bonchev–Trinajstić information content (AvgIpc) is 2.91. The molecule has 0 bridgehead atoms. The van der Waals surface area contributed by atoms with E-state index in [0.29, 0.717) is 4.90 Å². The van der Waals surface area contributed by atoms with Gasteiger partial charge >= 0.3 is 0 Å². The molecule has 0 aliphatic carbocycles. The van der Waals surface area contributed by atoms with E-state index in [9.17, 15) is 8.42 Å². The van der Waals surface area contributed by atoms with Gasteiger partial charge in [-0.15, -0.1) is 0 Å². The molecule has 0 saturated heterocycles. The van der Waals surface area contributed by atoms with Crippen LogP contribution in [0.3, 0.4) is 0 Å². The molecule has 0 aromatic heterocycles. The SMILES string of the molecule is Cc1c(C)c(C)c(S(=O)(=O)N[C@@H](c2ccccc2)[C@@H](N)c2ccccc2)c(C)c1C.[Ru].c1ccccc1. The van der Waals surface area contributed by atoms with Crippen LogP contribution >= 0.6 is 0 Å². The standard InChI is InChI=1S/C25H30N2O2S.C6H6.Ru/c1-16-17(2)19(4)25(20(5)18(16)3)30(28,29)27-24(22-14-10-7-11-15-22)23(26)21-12-8-6-9-13-21;1-2-4-6-5-3-1;/h6-15,23-24,27H,26H2,1-5H3;1-6H;/t23-,24-;;/m0../s1. The first-order chi connectivity index (χ1) is 17.1. The van der Waals surface area contributed by atoms with Gasteiger partial charge in [0.25, 0.3) is 0 Å². The van der Waals surface area contributed by atoms with Crippen LogP contribution < -0.4 is 10.5 Å². The van der Waals surface area contributed by atoms with Crippen molar-refractivity contribution in [1.29, 1.82) is 0 Å². The first kappa shape index (κ1) is 30.6. The third-order valence-corrected chi connectivity index (χ3v) is 8.57. The van der Waals surface area contributed by atoms with Crippen LogP contribution in [0.4, 0.5) is 0 Å². The summed E-state index contributed by atoms with van der Waals surface area (Å²) >= 11 is 0. The maximum absolute atomic E-state index is 13.6. The molecule has 2 atom stereocenters. The van der Waals surface area contributed by atoms with Gasteiger partial charge in [-0.3, -0.25) is 0 Å². The van der Waals surface area contributed by atoms with Gasteiger partial charge in [0.1, 0.15) is 0 Å². The zero-order chi connectivity index (χ0) is 26.3. The smallest absolute Gasteiger partial charge is 0.241 e. The topological polar surface area (TPSA) is 72.2 Å². The van der Waals surface area contributed by atoms with Crippen molar-refractivity contribution in [2.24, 2.45) is 5.73 Å². The van der Waals surface area contributed by atoms with Gasteiger partial charge in [-0.1, -0.05) is 97.1 Å². The van der Waals surface area contributed by atoms with Gasteiger partial charge in [0, 0.05) is 19.5 Å². The fraction of sp³-hybridized carbons (Fsp3) is 0.226. The Labute approximate surface area is 235 Å². The number of rotatable bonds is 6. The van der Waals surface area contributed by atoms with Crippen molar-refractivity contribution in [3.8, 4) is 0 Å². The summed E-state index contributed by atoms with van der Waals surface area (Å²) in [6.45, 7) is 9.73. The van der Waals surface area contributed by atoms with E-state index in [1.54, 1.807) is 0 Å². The molecule has 4 nitrogen and oxygen atoms in total. The normalized spacial score (nSPS) is 12.5. The van der Waals surface area contributed by atoms with E-state index in [4.69, 9.17) is 5.73 Å². The van der Waals surface area contributed by atoms with E-state index < -0.39 is 22.1 Å². The van der Waals surface area contributed by atoms with Crippen LogP contribution in [-0.4, -0.2) is 8.42 Å². The van der Waals surface area contributed by atoms with E-state index in [2.05, 4.69) is 4.72 Å². The molecule has 37 heavy (non-hydrogen) atoms. The molecule has 0 spiro atoms. The van der Waals surface area contributed by atoms with Crippen molar-refractivity contribution in [2.75, 3.05) is 0 Å². The van der Waals surface area contributed by atoms with Gasteiger partial charge in [-0.25, -0.2) is 13.1 Å². The van der Waals surface area contributed by atoms with Crippen LogP contribution in [0.2, 0.25) is 0 Å². The zero-order valence-corrected chi connectivity index (χ0v) is 24.6. The molecule has 0 aliphatic heterocycles. The predicted molar refractivity (Wildman–Crippen MR) is 149 cm³/mol. The molecular weight excluding hydrogens is 565 g/mol. The summed E-state index contributed by atoms with van der Waals surface area (Å²) in [7, 11) is -3.81. The number of sulfonamides is 1. The summed E-state index contributed by atoms with van der Waals surface area (Å²) in [5.74, 6) is 0. The molecule has 4 aromatic rings. The molecule has 0 fully saturated rings. The Kier molecular flexibility index (Phi) is 11.4. The van der Waals surface area contributed by atoms with Gasteiger partial charge in [0.15, 0.2) is 0 Å². The minimum absolute atomic E-state index is 0. The number of hydrogen-bond acceptors (Lipinski definition) is 3. The van der Waals surface area contributed by atoms with Gasteiger partial charge in [-0.05, 0) is 73.6 Å². The van der Waals surface area contributed by atoms with Crippen LogP contribution in [0.5, 0.6) is 0 Å². The molecule has 0 saturated carbocycles. The second-order valence-corrected chi connectivity index (χ2v) is 10.7. The van der Waals surface area contributed by atoms with Gasteiger partial charge in [0.05, 0.1) is 17.0 Å². The number of benzene rings is 4. The second-order valence-electron chi connectivity index (χ2n) is 9.05. The third-order valence-electron chi connectivity index (χ3n) is 6.85. The summed E-state index contributed by atoms with van der Waals surface area (Å²) in [5.41, 5.74) is 13.0. The minimum atomic E-state index is -3.81. The Morgan fingerprint density at radius 2 is 0.892 bits per heavy atom. The Morgan fingerprint density at radius 3 is 1.30 bits per heavy atom. The maximum Gasteiger partial charge on any atom is 0.241 e. The third kappa shape index (κ3) is 7.46. The van der Waals surface area contributed by atoms with Gasteiger partial charge < -0.3 is 5.73 Å². The molecule has 3 N–H and O–H groups in total. The fourth-order valence-electron chi connectivity index (χ4n) is 4.36. The Balaban J connectivity index is 0.000000604. The van der Waals surface area contributed by atoms with Crippen LogP contribution in [0.25, 0.3) is 0 Å². The second kappa shape index (κ2) is 13.8. The average molecular weight is 602 g/mol. The largest absolute Gasteiger partial charge is 0.322 e. The van der Waals surface area contributed by atoms with E-state index in [1.165, 1.54) is 0 Å². The van der Waals surface area contributed by atoms with E-state index >= 15 is 0 Å². The number of nitrogens with one attached hydrogen (secondary N) is 1. The molecule has 196 valence electrons. The van der Waals surface area contributed by atoms with Crippen LogP contribution in [0, 0.1) is 34.6 Å². The molecular formula is C31H36N2O2RuS. The summed E-state index contributed by atoms with van der Waals surface area (Å²) < 4.78 is 30.2. The van der Waals surface area contributed by atoms with Crippen molar-refractivity contribution in [2.45, 2.75) is 51.6 Å². The van der Waals surface area contributed by atoms with Crippen LogP contribution in [0.1, 0.15) is 51.0 Å². The maximum atomic E-state index is 13.6. The number of nitrogens with two attached hydrogens (primary N) is 1. The molecule has 0 amide bonds. The Morgan fingerprint density at radius 1 is 0.568 bits per heavy atom. The Bertz CT molecular complexity index is 1320. The molecule has 6 heteroatoms. The molecule has 0 unspecified atom stereocenters. The number of hydrogen-bond donors (Lipinski definition) is 2. The summed E-state index contributed by atoms with van der Waals surface area (Å²) in [6, 6.07) is 30.0. The molecule has 0 radical (unpaired) electrons. The van der Waals surface area contributed by atoms with Crippen LogP contribution in [0.15, 0.2) is 102 Å². The van der Waals surface area contributed by atoms with E-state index in [1.807, 2.05) is 132 Å². The first-order valence-electron chi connectivity index (χ1n) is 12.1. The van der Waals surface area contributed by atoms with Crippen molar-refractivity contribution >= 4 is 10.0 Å². The Hall–Kier alpha value is -2.63. The summed E-state index contributed by atoms with van der Waals surface area (Å²) in [4.78, 5) is 0.351. The van der Waals surface area contributed by atoms with Crippen molar-refractivity contribution in [3.63, 3.8) is 0 Å². The summed E-state index contributed by atoms with van der Waals surface area (Å²) in [5, 5.41) is 0. The zero-order valence-electron chi connectivity index (χ0n) is 22.0. The quantitative estimate of drug-likeness (QED) is 0.244. The molecule has 0 heterocycles. The first-order valence-corrected chi connectivity index (χ1v) is 13.6.